The molecule has 0 aromatic heterocycles. The lowest BCUT2D eigenvalue weighted by atomic mass is 9.95. The summed E-state index contributed by atoms with van der Waals surface area (Å²) in [4.78, 5) is 42.4. The predicted molar refractivity (Wildman–Crippen MR) is 113 cm³/mol. The Morgan fingerprint density at radius 2 is 1.60 bits per heavy atom. The van der Waals surface area contributed by atoms with Crippen LogP contribution in [0.5, 0.6) is 0 Å². The van der Waals surface area contributed by atoms with Crippen molar-refractivity contribution in [1.29, 1.82) is 0 Å². The van der Waals surface area contributed by atoms with Gasteiger partial charge in [0.05, 0.1) is 11.3 Å². The van der Waals surface area contributed by atoms with Crippen LogP contribution in [0, 0.1) is 0 Å². The molecule has 0 radical (unpaired) electrons. The van der Waals surface area contributed by atoms with Crippen LogP contribution in [0.2, 0.25) is 0 Å². The van der Waals surface area contributed by atoms with Crippen LogP contribution in [0.4, 0.5) is 5.69 Å². The monoisotopic (exact) mass is 403 g/mol. The summed E-state index contributed by atoms with van der Waals surface area (Å²) in [6.07, 6.45) is 5.33. The van der Waals surface area contributed by atoms with Crippen LogP contribution < -0.4 is 10.2 Å². The van der Waals surface area contributed by atoms with Crippen LogP contribution in [0.3, 0.4) is 0 Å². The van der Waals surface area contributed by atoms with E-state index in [-0.39, 0.29) is 36.7 Å². The van der Waals surface area contributed by atoms with Gasteiger partial charge in [-0.05, 0) is 31.0 Å². The zero-order valence-corrected chi connectivity index (χ0v) is 16.8. The molecule has 0 unspecified atom stereocenters. The zero-order valence-electron chi connectivity index (χ0n) is 16.8. The molecule has 30 heavy (non-hydrogen) atoms. The van der Waals surface area contributed by atoms with E-state index in [0.29, 0.717) is 16.8 Å². The Morgan fingerprint density at radius 3 is 2.40 bits per heavy atom. The Hall–Kier alpha value is -3.15. The molecule has 5 rings (SSSR count). The van der Waals surface area contributed by atoms with Crippen LogP contribution in [0.25, 0.3) is 0 Å². The number of carbonyl (C=O) groups is 3. The first kappa shape index (κ1) is 18.9. The van der Waals surface area contributed by atoms with Crippen LogP contribution in [0.15, 0.2) is 48.5 Å². The van der Waals surface area contributed by atoms with E-state index in [0.717, 1.165) is 31.2 Å². The van der Waals surface area contributed by atoms with Gasteiger partial charge in [0.25, 0.3) is 11.8 Å². The third-order valence-corrected chi connectivity index (χ3v) is 6.43. The number of anilines is 1. The van der Waals surface area contributed by atoms with Gasteiger partial charge < -0.3 is 10.2 Å². The second kappa shape index (κ2) is 7.59. The fourth-order valence-electron chi connectivity index (χ4n) is 4.97. The maximum absolute atomic E-state index is 13.3. The first-order valence-corrected chi connectivity index (χ1v) is 10.8. The molecule has 2 aromatic carbocycles. The predicted octanol–water partition coefficient (Wildman–Crippen LogP) is 3.64. The summed E-state index contributed by atoms with van der Waals surface area (Å²) >= 11 is 0. The molecule has 1 aliphatic carbocycles. The van der Waals surface area contributed by atoms with Gasteiger partial charge in [-0.1, -0.05) is 49.6 Å². The molecule has 1 saturated carbocycles. The van der Waals surface area contributed by atoms with Gasteiger partial charge in [0, 0.05) is 30.1 Å². The molecule has 3 amide bonds. The molecule has 2 heterocycles. The summed E-state index contributed by atoms with van der Waals surface area (Å²) in [6.45, 7) is 0.272. The second-order valence-electron chi connectivity index (χ2n) is 8.30. The van der Waals surface area contributed by atoms with Crippen LogP contribution >= 0.6 is 0 Å². The lowest BCUT2D eigenvalue weighted by Crippen LogP contribution is -2.49. The van der Waals surface area contributed by atoms with Crippen molar-refractivity contribution < 1.29 is 14.4 Å². The Morgan fingerprint density at radius 1 is 0.900 bits per heavy atom. The normalized spacial score (nSPS) is 20.6. The highest BCUT2D eigenvalue weighted by atomic mass is 16.2. The maximum atomic E-state index is 13.3. The zero-order chi connectivity index (χ0) is 20.7. The quantitative estimate of drug-likeness (QED) is 0.847. The van der Waals surface area contributed by atoms with Crippen molar-refractivity contribution in [1.82, 2.24) is 10.2 Å². The first-order chi connectivity index (χ1) is 14.6. The lowest BCUT2D eigenvalue weighted by molar-refractivity contribution is -0.122. The lowest BCUT2D eigenvalue weighted by Gasteiger charge is -2.41. The van der Waals surface area contributed by atoms with Crippen molar-refractivity contribution in [2.45, 2.75) is 50.7 Å². The third kappa shape index (κ3) is 3.07. The number of benzene rings is 2. The largest absolute Gasteiger partial charge is 0.353 e. The molecule has 2 aromatic rings. The number of amides is 3. The van der Waals surface area contributed by atoms with Crippen molar-refractivity contribution in [3.05, 3.63) is 65.2 Å². The summed E-state index contributed by atoms with van der Waals surface area (Å²) in [5.41, 5.74) is 2.57. The third-order valence-electron chi connectivity index (χ3n) is 6.43. The minimum atomic E-state index is -0.501. The summed E-state index contributed by atoms with van der Waals surface area (Å²) in [6, 6.07) is 14.9. The van der Waals surface area contributed by atoms with E-state index in [9.17, 15) is 14.4 Å². The van der Waals surface area contributed by atoms with Gasteiger partial charge in [-0.15, -0.1) is 0 Å². The molecule has 3 aliphatic rings. The Bertz CT molecular complexity index is 1010. The highest BCUT2D eigenvalue weighted by molar-refractivity contribution is 6.16. The standard InChI is InChI=1S/C24H25N3O3/c28-21(25-16-8-2-1-3-9-16)14-15-26-22-17-10-4-5-11-18(17)24(30)27(22)20-13-7-6-12-19(20)23(26)29/h4-7,10-13,16,22H,1-3,8-9,14-15H2,(H,25,28)/t22-/m1/s1. The van der Waals surface area contributed by atoms with Gasteiger partial charge >= 0.3 is 0 Å². The molecule has 0 bridgehead atoms. The minimum Gasteiger partial charge on any atom is -0.353 e. The van der Waals surface area contributed by atoms with E-state index in [1.165, 1.54) is 6.42 Å². The molecule has 0 saturated heterocycles. The smallest absolute Gasteiger partial charge is 0.260 e. The fourth-order valence-corrected chi connectivity index (χ4v) is 4.97. The second-order valence-corrected chi connectivity index (χ2v) is 8.30. The van der Waals surface area contributed by atoms with Crippen LogP contribution in [0.1, 0.15) is 71.0 Å². The molecule has 6 nitrogen and oxygen atoms in total. The number of para-hydroxylation sites is 1. The molecule has 6 heteroatoms. The summed E-state index contributed by atoms with van der Waals surface area (Å²) in [7, 11) is 0. The molecular weight excluding hydrogens is 378 g/mol. The molecule has 1 atom stereocenters. The van der Waals surface area contributed by atoms with Gasteiger partial charge in [-0.2, -0.15) is 0 Å². The fraction of sp³-hybridized carbons (Fsp3) is 0.375. The van der Waals surface area contributed by atoms with Gasteiger partial charge in [0.1, 0.15) is 6.17 Å². The average molecular weight is 403 g/mol. The number of carbonyl (C=O) groups excluding carboxylic acids is 3. The number of rotatable bonds is 4. The molecule has 0 spiro atoms. The van der Waals surface area contributed by atoms with E-state index in [1.54, 1.807) is 28.0 Å². The van der Waals surface area contributed by atoms with Gasteiger partial charge in [-0.25, -0.2) is 0 Å². The Balaban J connectivity index is 1.42. The van der Waals surface area contributed by atoms with Crippen molar-refractivity contribution in [3.63, 3.8) is 0 Å². The van der Waals surface area contributed by atoms with Crippen molar-refractivity contribution in [2.75, 3.05) is 11.4 Å². The van der Waals surface area contributed by atoms with Crippen LogP contribution in [-0.4, -0.2) is 35.2 Å². The topological polar surface area (TPSA) is 69.7 Å². The first-order valence-electron chi connectivity index (χ1n) is 10.8. The summed E-state index contributed by atoms with van der Waals surface area (Å²) in [5, 5.41) is 3.12. The van der Waals surface area contributed by atoms with E-state index < -0.39 is 6.17 Å². The average Bonchev–Trinajstić information content (AvgIpc) is 3.07. The van der Waals surface area contributed by atoms with Crippen molar-refractivity contribution >= 4 is 23.4 Å². The van der Waals surface area contributed by atoms with Gasteiger partial charge in [-0.3, -0.25) is 19.3 Å². The molecule has 1 fully saturated rings. The van der Waals surface area contributed by atoms with E-state index >= 15 is 0 Å². The minimum absolute atomic E-state index is 0.0299. The SMILES string of the molecule is O=C(CCN1C(=O)c2ccccc2N2C(=O)c3ccccc3[C@H]12)NC1CCCCC1. The molecule has 1 N–H and O–H groups in total. The summed E-state index contributed by atoms with van der Waals surface area (Å²) < 4.78 is 0. The maximum Gasteiger partial charge on any atom is 0.260 e. The van der Waals surface area contributed by atoms with Crippen LogP contribution in [-0.2, 0) is 4.79 Å². The van der Waals surface area contributed by atoms with Gasteiger partial charge in [0.2, 0.25) is 5.91 Å². The van der Waals surface area contributed by atoms with E-state index in [4.69, 9.17) is 0 Å². The number of nitrogens with one attached hydrogen (secondary N) is 1. The highest BCUT2D eigenvalue weighted by Crippen LogP contribution is 2.45. The number of hydrogen-bond donors (Lipinski definition) is 1. The number of fused-ring (bicyclic) bond motifs is 5. The van der Waals surface area contributed by atoms with E-state index in [2.05, 4.69) is 5.32 Å². The number of hydrogen-bond acceptors (Lipinski definition) is 3. The van der Waals surface area contributed by atoms with Crippen molar-refractivity contribution in [3.8, 4) is 0 Å². The molecule has 2 aliphatic heterocycles. The highest BCUT2D eigenvalue weighted by Gasteiger charge is 2.47. The summed E-state index contributed by atoms with van der Waals surface area (Å²) in [5.74, 6) is -0.272. The number of nitrogens with zero attached hydrogens (tertiary/aromatic N) is 2. The van der Waals surface area contributed by atoms with Crippen molar-refractivity contribution in [2.24, 2.45) is 0 Å². The Labute approximate surface area is 175 Å². The Kier molecular flexibility index (Phi) is 4.77. The van der Waals surface area contributed by atoms with Gasteiger partial charge in [0.15, 0.2) is 0 Å². The molecule has 154 valence electrons. The van der Waals surface area contributed by atoms with E-state index in [1.807, 2.05) is 30.3 Å². The molecular formula is C24H25N3O3.